The Labute approximate surface area is 365 Å². The summed E-state index contributed by atoms with van der Waals surface area (Å²) in [6, 6.07) is 50.0. The Morgan fingerprint density at radius 3 is 1.17 bits per heavy atom. The Bertz CT molecular complexity index is 3360. The fourth-order valence-corrected chi connectivity index (χ4v) is 14.3. The van der Waals surface area contributed by atoms with Gasteiger partial charge in [0.2, 0.25) is 0 Å². The van der Waals surface area contributed by atoms with Gasteiger partial charge in [-0.25, -0.2) is 4.39 Å². The van der Waals surface area contributed by atoms with Crippen LogP contribution >= 0.6 is 0 Å². The molecule has 8 aromatic carbocycles. The molecule has 65 heavy (non-hydrogen) atoms. The van der Waals surface area contributed by atoms with E-state index in [4.69, 9.17) is 0 Å². The van der Waals surface area contributed by atoms with Crippen molar-refractivity contribution in [3.05, 3.63) is 204 Å². The van der Waals surface area contributed by atoms with E-state index in [1.165, 1.54) is 16.7 Å². The van der Waals surface area contributed by atoms with Gasteiger partial charge in [-0.05, 0) is 87.0 Å². The fraction of sp³-hybridized carbons (Fsp3) is 0.0769. The molecule has 0 unspecified atom stereocenters. The van der Waals surface area contributed by atoms with E-state index in [0.717, 1.165) is 32.9 Å². The molecular formula is C52H32F10N2Si. The van der Waals surface area contributed by atoms with E-state index >= 15 is 0 Å². The van der Waals surface area contributed by atoms with E-state index in [2.05, 4.69) is 0 Å². The first kappa shape index (κ1) is 41.9. The Morgan fingerprint density at radius 1 is 0.369 bits per heavy atom. The second-order valence-electron chi connectivity index (χ2n) is 15.9. The van der Waals surface area contributed by atoms with E-state index < -0.39 is 55.5 Å². The third-order valence-electron chi connectivity index (χ3n) is 12.2. The van der Waals surface area contributed by atoms with Crippen LogP contribution in [0.25, 0.3) is 55.0 Å². The van der Waals surface area contributed by atoms with E-state index in [-0.39, 0.29) is 44.5 Å². The summed E-state index contributed by atoms with van der Waals surface area (Å²) in [5.74, 6) is 0. The summed E-state index contributed by atoms with van der Waals surface area (Å²) in [4.78, 5) is 0. The lowest BCUT2D eigenvalue weighted by Gasteiger charge is -2.34. The minimum atomic E-state index is -5.13. The molecule has 0 aliphatic rings. The molecule has 13 heteroatoms. The zero-order chi connectivity index (χ0) is 45.5. The number of nitrogens with zero attached hydrogens (tertiary/aromatic N) is 2. The second kappa shape index (κ2) is 15.3. The van der Waals surface area contributed by atoms with E-state index in [9.17, 15) is 43.9 Å². The third kappa shape index (κ3) is 6.79. The molecular weight excluding hydrogens is 871 g/mol. The van der Waals surface area contributed by atoms with Crippen molar-refractivity contribution in [2.45, 2.75) is 25.2 Å². The summed E-state index contributed by atoms with van der Waals surface area (Å²) in [7, 11) is -3.40. The van der Waals surface area contributed by atoms with Crippen LogP contribution in [-0.2, 0) is 25.2 Å². The molecule has 0 aliphatic heterocycles. The van der Waals surface area contributed by atoms with Crippen LogP contribution in [0, 0.1) is 0 Å². The highest BCUT2D eigenvalue weighted by atomic mass is 28.3. The molecule has 0 atom stereocenters. The molecule has 0 saturated heterocycles. The number of alkyl halides is 10. The van der Waals surface area contributed by atoms with Gasteiger partial charge in [0.15, 0.2) is 8.07 Å². The largest absolute Gasteiger partial charge is 0.418 e. The zero-order valence-corrected chi connectivity index (χ0v) is 34.7. The molecule has 2 nitrogen and oxygen atoms in total. The van der Waals surface area contributed by atoms with Gasteiger partial charge in [-0.15, -0.1) is 0 Å². The predicted octanol–water partition coefficient (Wildman–Crippen LogP) is 12.8. The number of benzene rings is 8. The second-order valence-corrected chi connectivity index (χ2v) is 19.7. The van der Waals surface area contributed by atoms with Gasteiger partial charge in [-0.3, -0.25) is 0 Å². The molecule has 2 aromatic heterocycles. The van der Waals surface area contributed by atoms with E-state index in [1.54, 1.807) is 71.3 Å². The van der Waals surface area contributed by atoms with Crippen LogP contribution in [0.3, 0.4) is 0 Å². The molecule has 0 spiro atoms. The van der Waals surface area contributed by atoms with Crippen LogP contribution in [0.5, 0.6) is 0 Å². The molecule has 2 heterocycles. The van der Waals surface area contributed by atoms with Crippen LogP contribution in [-0.4, -0.2) is 17.2 Å². The Balaban J connectivity index is 1.21. The van der Waals surface area contributed by atoms with E-state index in [1.807, 2.05) is 84.9 Å². The van der Waals surface area contributed by atoms with Gasteiger partial charge >= 0.3 is 18.5 Å². The van der Waals surface area contributed by atoms with Crippen molar-refractivity contribution in [1.29, 1.82) is 0 Å². The van der Waals surface area contributed by atoms with Crippen molar-refractivity contribution in [2.75, 3.05) is 0 Å². The first-order valence-electron chi connectivity index (χ1n) is 20.3. The van der Waals surface area contributed by atoms with Crippen LogP contribution in [0.2, 0.25) is 0 Å². The molecule has 10 rings (SSSR count). The normalized spacial score (nSPS) is 12.8. The summed E-state index contributed by atoms with van der Waals surface area (Å²) in [5, 5.41) is 4.30. The number of rotatable bonds is 7. The molecule has 0 saturated carbocycles. The molecule has 0 bridgehead atoms. The van der Waals surface area contributed by atoms with Gasteiger partial charge in [0.25, 0.3) is 0 Å². The maximum Gasteiger partial charge on any atom is 0.418 e. The lowest BCUT2D eigenvalue weighted by atomic mass is 10.0. The molecule has 0 N–H and O–H groups in total. The fourth-order valence-electron chi connectivity index (χ4n) is 9.56. The SMILES string of the molecule is FCc1cc(C(F)(F)F)c2c(c1)c1ccccc1n2-c1ccc([Si](c2ccccc2)(c2ccccc2)c2ccc(-n3c4ccccc4c4cc(C(F)(F)F)cc(C(F)(F)F)c43)cc2)cc1. The summed E-state index contributed by atoms with van der Waals surface area (Å²) in [6.45, 7) is -1.07. The highest BCUT2D eigenvalue weighted by molar-refractivity contribution is 7.19. The van der Waals surface area contributed by atoms with Gasteiger partial charge in [-0.2, -0.15) is 39.5 Å². The smallest absolute Gasteiger partial charge is 0.309 e. The maximum atomic E-state index is 14.8. The summed E-state index contributed by atoms with van der Waals surface area (Å²) in [6.07, 6.45) is -15.0. The number of fused-ring (bicyclic) bond motifs is 6. The monoisotopic (exact) mass is 902 g/mol. The van der Waals surface area contributed by atoms with Gasteiger partial charge in [0.1, 0.15) is 6.67 Å². The molecule has 0 amide bonds. The third-order valence-corrected chi connectivity index (χ3v) is 17.0. The van der Waals surface area contributed by atoms with Crippen LogP contribution < -0.4 is 20.7 Å². The van der Waals surface area contributed by atoms with Crippen molar-refractivity contribution < 1.29 is 43.9 Å². The Kier molecular flexibility index (Phi) is 9.83. The summed E-state index contributed by atoms with van der Waals surface area (Å²) >= 11 is 0. The van der Waals surface area contributed by atoms with Crippen LogP contribution in [0.15, 0.2) is 182 Å². The van der Waals surface area contributed by atoms with Gasteiger partial charge in [0, 0.05) is 32.9 Å². The van der Waals surface area contributed by atoms with Crippen molar-refractivity contribution in [3.8, 4) is 11.4 Å². The molecule has 10 aromatic rings. The Morgan fingerprint density at radius 2 is 0.754 bits per heavy atom. The number of hydrogen-bond donors (Lipinski definition) is 0. The van der Waals surface area contributed by atoms with Crippen molar-refractivity contribution in [2.24, 2.45) is 0 Å². The number of aromatic nitrogens is 2. The van der Waals surface area contributed by atoms with Gasteiger partial charge in [-0.1, -0.05) is 121 Å². The summed E-state index contributed by atoms with van der Waals surface area (Å²) in [5.41, 5.74) is -2.92. The van der Waals surface area contributed by atoms with Crippen molar-refractivity contribution in [3.63, 3.8) is 0 Å². The Hall–Kier alpha value is -7.12. The number of para-hydroxylation sites is 2. The highest BCUT2D eigenvalue weighted by Crippen LogP contribution is 2.45. The van der Waals surface area contributed by atoms with Gasteiger partial charge in [0.05, 0.1) is 38.8 Å². The van der Waals surface area contributed by atoms with Crippen molar-refractivity contribution in [1.82, 2.24) is 9.13 Å². The average molecular weight is 903 g/mol. The first-order valence-corrected chi connectivity index (χ1v) is 22.3. The van der Waals surface area contributed by atoms with Crippen LogP contribution in [0.1, 0.15) is 22.3 Å². The summed E-state index contributed by atoms with van der Waals surface area (Å²) < 4.78 is 148. The standard InChI is InChI=1S/C52H32F10N2Si/c53-31-32-27-42-40-15-7-9-17-46(40)63(48(42)44(28-32)51(57,58)59)34-19-23-38(24-20-34)65(36-11-3-1-4-12-36,37-13-5-2-6-14-37)39-25-21-35(22-26-39)64-47-18-10-8-16-41(47)43-29-33(50(54,55)56)30-45(49(43)64)52(60,61)62/h1-30H,31H2. The lowest BCUT2D eigenvalue weighted by molar-refractivity contribution is -0.142. The minimum absolute atomic E-state index is 0.0925. The topological polar surface area (TPSA) is 9.86 Å². The van der Waals surface area contributed by atoms with Crippen LogP contribution in [0.4, 0.5) is 43.9 Å². The molecule has 0 radical (unpaired) electrons. The molecule has 0 fully saturated rings. The van der Waals surface area contributed by atoms with E-state index in [0.29, 0.717) is 16.6 Å². The van der Waals surface area contributed by atoms with Crippen molar-refractivity contribution >= 4 is 72.4 Å². The number of hydrogen-bond acceptors (Lipinski definition) is 0. The predicted molar refractivity (Wildman–Crippen MR) is 239 cm³/mol. The average Bonchev–Trinajstić information content (AvgIpc) is 3.82. The van der Waals surface area contributed by atoms with Gasteiger partial charge < -0.3 is 9.13 Å². The molecule has 0 aliphatic carbocycles. The maximum absolute atomic E-state index is 14.8. The quantitative estimate of drug-likeness (QED) is 0.0857. The highest BCUT2D eigenvalue weighted by Gasteiger charge is 2.43. The molecule has 324 valence electrons. The lowest BCUT2D eigenvalue weighted by Crippen LogP contribution is -2.74. The number of halogens is 10. The zero-order valence-electron chi connectivity index (χ0n) is 33.7. The first-order chi connectivity index (χ1) is 31.1. The minimum Gasteiger partial charge on any atom is -0.309 e.